The highest BCUT2D eigenvalue weighted by Crippen LogP contribution is 2.39. The zero-order valence-corrected chi connectivity index (χ0v) is 44.2. The number of fused-ring (bicyclic) bond motifs is 2. The van der Waals surface area contributed by atoms with Gasteiger partial charge in [-0.2, -0.15) is 4.37 Å². The number of halogens is 4. The molecular formula is C46H58Cl3FN7O12PS. The van der Waals surface area contributed by atoms with Gasteiger partial charge in [0.2, 0.25) is 10.7 Å². The fourth-order valence-electron chi connectivity index (χ4n) is 7.51. The Morgan fingerprint density at radius 1 is 1.14 bits per heavy atom. The van der Waals surface area contributed by atoms with Crippen LogP contribution in [0.1, 0.15) is 70.4 Å². The minimum absolute atomic E-state index is 0.0371. The van der Waals surface area contributed by atoms with Crippen LogP contribution in [0.15, 0.2) is 58.1 Å². The zero-order valence-electron chi connectivity index (χ0n) is 40.2. The van der Waals surface area contributed by atoms with E-state index in [2.05, 4.69) is 48.3 Å². The smallest absolute Gasteiger partial charge is 0.339 e. The van der Waals surface area contributed by atoms with Gasteiger partial charge in [0, 0.05) is 37.7 Å². The number of benzene rings is 2. The van der Waals surface area contributed by atoms with E-state index in [0.29, 0.717) is 28.5 Å². The van der Waals surface area contributed by atoms with E-state index in [1.165, 1.54) is 33.5 Å². The summed E-state index contributed by atoms with van der Waals surface area (Å²) in [5, 5.41) is 10.1. The molecule has 19 nitrogen and oxygen atoms in total. The first-order chi connectivity index (χ1) is 33.4. The molecule has 1 atom stereocenters. The molecule has 0 saturated carbocycles. The van der Waals surface area contributed by atoms with E-state index >= 15 is 0 Å². The van der Waals surface area contributed by atoms with Gasteiger partial charge in [0.05, 0.1) is 43.6 Å². The second kappa shape index (κ2) is 26.2. The quantitative estimate of drug-likeness (QED) is 0.0442. The number of furan rings is 1. The van der Waals surface area contributed by atoms with Crippen molar-refractivity contribution in [2.45, 2.75) is 84.0 Å². The molecule has 5 heterocycles. The first-order valence-corrected chi connectivity index (χ1v) is 25.9. The van der Waals surface area contributed by atoms with Crippen LogP contribution in [0.3, 0.4) is 0 Å². The molecule has 3 aliphatic rings. The van der Waals surface area contributed by atoms with Crippen LogP contribution >= 0.6 is 53.9 Å². The van der Waals surface area contributed by atoms with Crippen molar-refractivity contribution in [3.63, 3.8) is 0 Å². The number of amides is 3. The lowest BCUT2D eigenvalue weighted by molar-refractivity contribution is -0.144. The minimum atomic E-state index is -4.10. The molecule has 1 saturated heterocycles. The van der Waals surface area contributed by atoms with Crippen molar-refractivity contribution in [3.05, 3.63) is 82.1 Å². The molecule has 388 valence electrons. The molecule has 0 radical (unpaired) electrons. The van der Waals surface area contributed by atoms with Crippen LogP contribution in [0.5, 0.6) is 5.75 Å². The van der Waals surface area contributed by atoms with E-state index in [1.54, 1.807) is 38.2 Å². The van der Waals surface area contributed by atoms with Crippen LogP contribution in [0.2, 0.25) is 0 Å². The third-order valence-corrected chi connectivity index (χ3v) is 12.7. The molecule has 0 spiro atoms. The maximum atomic E-state index is 14.5. The third kappa shape index (κ3) is 16.3. The largest absolute Gasteiger partial charge is 0.481 e. The number of nitrogens with zero attached hydrogens (tertiary/aromatic N) is 6. The lowest BCUT2D eigenvalue weighted by atomic mass is 9.92. The minimum Gasteiger partial charge on any atom is -0.481 e. The number of hydrogen-bond acceptors (Lipinski definition) is 13. The maximum Gasteiger partial charge on any atom is 0.339 e. The maximum absolute atomic E-state index is 14.5. The van der Waals surface area contributed by atoms with E-state index in [9.17, 15) is 28.1 Å². The Hall–Kier alpha value is -4.85. The van der Waals surface area contributed by atoms with Crippen LogP contribution in [0.25, 0.3) is 0 Å². The predicted molar refractivity (Wildman–Crippen MR) is 268 cm³/mol. The number of carboxylic acid groups (broad SMARTS) is 1. The summed E-state index contributed by atoms with van der Waals surface area (Å²) in [5.74, 6) is 1.94. The summed E-state index contributed by atoms with van der Waals surface area (Å²) in [6.07, 6.45) is 8.66. The Labute approximate surface area is 430 Å². The normalized spacial score (nSPS) is 16.5. The Balaban J connectivity index is 0.000000217. The lowest BCUT2D eigenvalue weighted by Gasteiger charge is -2.29. The van der Waals surface area contributed by atoms with Gasteiger partial charge in [-0.25, -0.2) is 9.38 Å². The lowest BCUT2D eigenvalue weighted by Crippen LogP contribution is -2.45. The number of anilines is 2. The molecule has 25 heteroatoms. The SMILES string of the molecule is C#CCN1C(=O)COc2cc(F)c(N=c3snc4n3CC(C)(C)C4)cc21.CC1(C)OC(c2ccco2)CN1C(=O)C(Cl)Cl.CCc1cccc(CC)c1N(COC)C(=O)CCl.O=C(O)CNCP(=O)(O)O. The van der Waals surface area contributed by atoms with Gasteiger partial charge < -0.3 is 43.0 Å². The Morgan fingerprint density at radius 3 is 2.37 bits per heavy atom. The number of aromatic nitrogens is 2. The summed E-state index contributed by atoms with van der Waals surface area (Å²) in [7, 11) is -2.52. The molecule has 4 N–H and O–H groups in total. The highest BCUT2D eigenvalue weighted by Gasteiger charge is 2.45. The Bertz CT molecular complexity index is 2630. The first kappa shape index (κ1) is 58.7. The number of aliphatic carboxylic acids is 1. The number of alkyl halides is 3. The number of aryl methyl sites for hydroxylation is 2. The molecule has 4 aromatic rings. The van der Waals surface area contributed by atoms with E-state index in [4.69, 9.17) is 74.7 Å². The van der Waals surface area contributed by atoms with Gasteiger partial charge in [-0.05, 0) is 61.4 Å². The summed E-state index contributed by atoms with van der Waals surface area (Å²) >= 11 is 18.1. The number of methoxy groups -OCH3 is 1. The highest BCUT2D eigenvalue weighted by molar-refractivity contribution is 7.51. The molecule has 1 unspecified atom stereocenters. The summed E-state index contributed by atoms with van der Waals surface area (Å²) in [6, 6.07) is 12.5. The van der Waals surface area contributed by atoms with Gasteiger partial charge in [0.1, 0.15) is 47.5 Å². The number of para-hydroxylation sites is 1. The molecular weight excluding hydrogens is 1030 g/mol. The van der Waals surface area contributed by atoms with Crippen molar-refractivity contribution in [1.82, 2.24) is 19.2 Å². The fourth-order valence-corrected chi connectivity index (χ4v) is 9.05. The molecule has 7 rings (SSSR count). The van der Waals surface area contributed by atoms with Gasteiger partial charge in [-0.3, -0.25) is 38.9 Å². The number of nitrogens with one attached hydrogen (secondary N) is 1. The van der Waals surface area contributed by atoms with Gasteiger partial charge >= 0.3 is 13.6 Å². The van der Waals surface area contributed by atoms with Crippen molar-refractivity contribution in [3.8, 4) is 18.1 Å². The number of carbonyl (C=O) groups is 4. The molecule has 1 fully saturated rings. The Kier molecular flexibility index (Phi) is 21.7. The van der Waals surface area contributed by atoms with Gasteiger partial charge in [0.25, 0.3) is 11.8 Å². The van der Waals surface area contributed by atoms with Crippen LogP contribution in [0.4, 0.5) is 21.5 Å². The summed E-state index contributed by atoms with van der Waals surface area (Å²) in [4.78, 5) is 70.6. The number of rotatable bonds is 14. The first-order valence-electron chi connectivity index (χ1n) is 21.9. The van der Waals surface area contributed by atoms with Gasteiger partial charge in [0.15, 0.2) is 17.3 Å². The molecule has 3 aliphatic heterocycles. The Morgan fingerprint density at radius 2 is 1.82 bits per heavy atom. The highest BCUT2D eigenvalue weighted by atomic mass is 35.5. The predicted octanol–water partition coefficient (Wildman–Crippen LogP) is 6.76. The third-order valence-electron chi connectivity index (χ3n) is 10.7. The molecule has 0 aliphatic carbocycles. The van der Waals surface area contributed by atoms with Crippen LogP contribution in [-0.4, -0.2) is 115 Å². The van der Waals surface area contributed by atoms with Crippen molar-refractivity contribution in [1.29, 1.82) is 0 Å². The van der Waals surface area contributed by atoms with Crippen molar-refractivity contribution in [2.24, 2.45) is 10.4 Å². The zero-order chi connectivity index (χ0) is 52.8. The number of carbonyl (C=O) groups excluding carboxylic acids is 3. The monoisotopic (exact) mass is 1090 g/mol. The van der Waals surface area contributed by atoms with E-state index < -0.39 is 42.8 Å². The average molecular weight is 1090 g/mol. The molecule has 2 aromatic carbocycles. The summed E-state index contributed by atoms with van der Waals surface area (Å²) in [5.41, 5.74) is 3.18. The summed E-state index contributed by atoms with van der Waals surface area (Å²) in [6.45, 7) is 13.0. The van der Waals surface area contributed by atoms with Crippen LogP contribution in [0, 0.1) is 23.6 Å². The number of ether oxygens (including phenoxy) is 3. The molecule has 2 aromatic heterocycles. The second-order valence-electron chi connectivity index (χ2n) is 17.1. The van der Waals surface area contributed by atoms with Crippen molar-refractivity contribution < 1.29 is 61.7 Å². The van der Waals surface area contributed by atoms with Crippen LogP contribution in [-0.2, 0) is 59.0 Å². The number of terminal acetylenes is 1. The van der Waals surface area contributed by atoms with Crippen LogP contribution < -0.4 is 24.7 Å². The summed E-state index contributed by atoms with van der Waals surface area (Å²) < 4.78 is 52.5. The molecule has 71 heavy (non-hydrogen) atoms. The topological polar surface area (TPSA) is 239 Å². The molecule has 0 bridgehead atoms. The van der Waals surface area contributed by atoms with Gasteiger partial charge in [-0.1, -0.05) is 75.0 Å². The van der Waals surface area contributed by atoms with Gasteiger partial charge in [-0.15, -0.1) is 18.0 Å². The fraction of sp³-hybridized carbons (Fsp3) is 0.478. The van der Waals surface area contributed by atoms with E-state index in [-0.39, 0.29) is 60.7 Å². The average Bonchev–Trinajstić information content (AvgIpc) is 4.10. The van der Waals surface area contributed by atoms with Crippen molar-refractivity contribution in [2.75, 3.05) is 62.0 Å². The number of hydrogen-bond donors (Lipinski definition) is 4. The second-order valence-corrected chi connectivity index (χ2v) is 20.9. The van der Waals surface area contributed by atoms with E-state index in [1.807, 2.05) is 28.8 Å². The van der Waals surface area contributed by atoms with E-state index in [0.717, 1.165) is 48.4 Å². The van der Waals surface area contributed by atoms with Crippen molar-refractivity contribution >= 4 is 94.7 Å². The standard InChI is InChI=1S/C18H17FN4O2S.C14H20ClNO2.C11H13Cl2NO3.C3H8NO5P/c1-4-5-22-13-7-12(11(19)6-14(13)25-9-16(22)24)20-17-23-10-18(2,3)8-15(23)21-26-17;1-4-11-7-6-8-12(5-2)14(11)16(10-18-3)13(17)9-15;1-11(2)14(10(15)9(12)13)6-8(17-11)7-4-3-5-16-7;5-3(6)1-4-2-10(7,8)9/h1,6-7H,5,8-10H2,2-3H3;6-8H,4-5,9-10H2,1-3H3;3-5,8-9H,6H2,1-2H3;4H,1-2H2,(H,5,6)(H2,7,8,9). The molecule has 3 amide bonds. The number of carboxylic acids is 1.